The van der Waals surface area contributed by atoms with E-state index in [9.17, 15) is 4.79 Å². The van der Waals surface area contributed by atoms with Gasteiger partial charge in [0.15, 0.2) is 0 Å². The van der Waals surface area contributed by atoms with Crippen molar-refractivity contribution in [2.45, 2.75) is 6.92 Å². The Hall–Kier alpha value is -2.75. The third-order valence-electron chi connectivity index (χ3n) is 3.38. The van der Waals surface area contributed by atoms with Crippen molar-refractivity contribution in [1.82, 2.24) is 9.97 Å². The molecular formula is C17H14N2O2. The van der Waals surface area contributed by atoms with Gasteiger partial charge in [-0.3, -0.25) is 4.98 Å². The molecule has 4 heteroatoms. The Morgan fingerprint density at radius 3 is 2.71 bits per heavy atom. The summed E-state index contributed by atoms with van der Waals surface area (Å²) in [5.41, 5.74) is 3.78. The highest BCUT2D eigenvalue weighted by atomic mass is 16.5. The van der Waals surface area contributed by atoms with E-state index in [4.69, 9.17) is 4.74 Å². The first-order valence-corrected chi connectivity index (χ1v) is 6.61. The van der Waals surface area contributed by atoms with Gasteiger partial charge >= 0.3 is 5.97 Å². The van der Waals surface area contributed by atoms with Gasteiger partial charge in [0.2, 0.25) is 0 Å². The van der Waals surface area contributed by atoms with Crippen LogP contribution in [0.25, 0.3) is 22.2 Å². The highest BCUT2D eigenvalue weighted by Crippen LogP contribution is 2.29. The van der Waals surface area contributed by atoms with E-state index in [1.807, 2.05) is 43.3 Å². The molecule has 1 aromatic carbocycles. The third kappa shape index (κ3) is 2.36. The molecule has 0 saturated heterocycles. The molecule has 0 unspecified atom stereocenters. The summed E-state index contributed by atoms with van der Waals surface area (Å²) in [5, 5.41) is 0.973. The van der Waals surface area contributed by atoms with Crippen LogP contribution in [0.15, 0.2) is 48.7 Å². The number of esters is 1. The zero-order chi connectivity index (χ0) is 14.8. The summed E-state index contributed by atoms with van der Waals surface area (Å²) in [5.74, 6) is -0.447. The molecule has 0 radical (unpaired) electrons. The van der Waals surface area contributed by atoms with Crippen molar-refractivity contribution in [2.75, 3.05) is 7.11 Å². The lowest BCUT2D eigenvalue weighted by Gasteiger charge is -2.10. The molecule has 2 heterocycles. The molecule has 3 aromatic rings. The Bertz CT molecular complexity index is 814. The second kappa shape index (κ2) is 5.32. The normalized spacial score (nSPS) is 10.6. The quantitative estimate of drug-likeness (QED) is 0.674. The number of nitrogens with zero attached hydrogens (tertiary/aromatic N) is 2. The first-order valence-electron chi connectivity index (χ1n) is 6.61. The second-order valence-corrected chi connectivity index (χ2v) is 4.73. The fraction of sp³-hybridized carbons (Fsp3) is 0.118. The summed E-state index contributed by atoms with van der Waals surface area (Å²) < 4.78 is 4.79. The summed E-state index contributed by atoms with van der Waals surface area (Å²) in [7, 11) is 1.35. The highest BCUT2D eigenvalue weighted by Gasteiger charge is 2.14. The largest absolute Gasteiger partial charge is 0.464 e. The predicted molar refractivity (Wildman–Crippen MR) is 81.1 cm³/mol. The third-order valence-corrected chi connectivity index (χ3v) is 3.38. The standard InChI is InChI=1S/C17H14N2O2/c1-11-6-5-7-12-13(14-8-3-4-9-18-14)10-15(17(20)21-2)19-16(11)12/h3-10H,1-2H3. The van der Waals surface area contributed by atoms with Crippen LogP contribution >= 0.6 is 0 Å². The topological polar surface area (TPSA) is 52.1 Å². The maximum atomic E-state index is 11.8. The molecule has 0 spiro atoms. The van der Waals surface area contributed by atoms with E-state index in [2.05, 4.69) is 9.97 Å². The maximum Gasteiger partial charge on any atom is 0.356 e. The Kier molecular flexibility index (Phi) is 3.36. The van der Waals surface area contributed by atoms with Gasteiger partial charge in [0.25, 0.3) is 0 Å². The number of fused-ring (bicyclic) bond motifs is 1. The zero-order valence-corrected chi connectivity index (χ0v) is 11.8. The van der Waals surface area contributed by atoms with E-state index < -0.39 is 5.97 Å². The van der Waals surface area contributed by atoms with Gasteiger partial charge in [-0.05, 0) is 30.7 Å². The Morgan fingerprint density at radius 2 is 2.00 bits per heavy atom. The van der Waals surface area contributed by atoms with Crippen molar-refractivity contribution < 1.29 is 9.53 Å². The van der Waals surface area contributed by atoms with Gasteiger partial charge < -0.3 is 4.74 Å². The van der Waals surface area contributed by atoms with E-state index in [-0.39, 0.29) is 0 Å². The number of carbonyl (C=O) groups is 1. The number of hydrogen-bond acceptors (Lipinski definition) is 4. The zero-order valence-electron chi connectivity index (χ0n) is 11.8. The SMILES string of the molecule is COC(=O)c1cc(-c2ccccn2)c2cccc(C)c2n1. The summed E-state index contributed by atoms with van der Waals surface area (Å²) >= 11 is 0. The summed E-state index contributed by atoms with van der Waals surface area (Å²) in [6, 6.07) is 13.4. The molecule has 0 aliphatic carbocycles. The average Bonchev–Trinajstić information content (AvgIpc) is 2.54. The second-order valence-electron chi connectivity index (χ2n) is 4.73. The molecular weight excluding hydrogens is 264 g/mol. The number of rotatable bonds is 2. The lowest BCUT2D eigenvalue weighted by atomic mass is 10.0. The van der Waals surface area contributed by atoms with Crippen molar-refractivity contribution in [3.05, 3.63) is 59.9 Å². The average molecular weight is 278 g/mol. The van der Waals surface area contributed by atoms with Gasteiger partial charge in [-0.25, -0.2) is 9.78 Å². The summed E-state index contributed by atoms with van der Waals surface area (Å²) in [6.45, 7) is 1.97. The predicted octanol–water partition coefficient (Wildman–Crippen LogP) is 3.39. The molecule has 0 amide bonds. The van der Waals surface area contributed by atoms with Crippen LogP contribution in [0.3, 0.4) is 0 Å². The monoisotopic (exact) mass is 278 g/mol. The summed E-state index contributed by atoms with van der Waals surface area (Å²) in [6.07, 6.45) is 1.73. The molecule has 0 atom stereocenters. The van der Waals surface area contributed by atoms with Crippen LogP contribution in [0.2, 0.25) is 0 Å². The number of aryl methyl sites for hydroxylation is 1. The van der Waals surface area contributed by atoms with Crippen molar-refractivity contribution in [1.29, 1.82) is 0 Å². The highest BCUT2D eigenvalue weighted by molar-refractivity contribution is 6.00. The lowest BCUT2D eigenvalue weighted by molar-refractivity contribution is 0.0594. The molecule has 21 heavy (non-hydrogen) atoms. The van der Waals surface area contributed by atoms with Crippen LogP contribution in [0.5, 0.6) is 0 Å². The van der Waals surface area contributed by atoms with E-state index in [0.29, 0.717) is 5.69 Å². The van der Waals surface area contributed by atoms with Crippen LogP contribution in [-0.2, 0) is 4.74 Å². The van der Waals surface area contributed by atoms with Crippen molar-refractivity contribution >= 4 is 16.9 Å². The van der Waals surface area contributed by atoms with Gasteiger partial charge in [-0.2, -0.15) is 0 Å². The van der Waals surface area contributed by atoms with E-state index >= 15 is 0 Å². The summed E-state index contributed by atoms with van der Waals surface area (Å²) in [4.78, 5) is 20.7. The lowest BCUT2D eigenvalue weighted by Crippen LogP contribution is -2.05. The number of pyridine rings is 2. The fourth-order valence-electron chi connectivity index (χ4n) is 2.34. The minimum absolute atomic E-state index is 0.292. The number of ether oxygens (including phenoxy) is 1. The number of para-hydroxylation sites is 1. The fourth-order valence-corrected chi connectivity index (χ4v) is 2.34. The van der Waals surface area contributed by atoms with Crippen LogP contribution in [0, 0.1) is 6.92 Å². The molecule has 0 fully saturated rings. The molecule has 0 saturated carbocycles. The van der Waals surface area contributed by atoms with Crippen LogP contribution in [0.4, 0.5) is 0 Å². The first kappa shape index (κ1) is 13.2. The Morgan fingerprint density at radius 1 is 1.14 bits per heavy atom. The Balaban J connectivity index is 2.36. The van der Waals surface area contributed by atoms with Gasteiger partial charge in [0.1, 0.15) is 5.69 Å². The molecule has 0 N–H and O–H groups in total. The molecule has 0 bridgehead atoms. The van der Waals surface area contributed by atoms with E-state index in [1.165, 1.54) is 7.11 Å². The van der Waals surface area contributed by atoms with Crippen LogP contribution in [0.1, 0.15) is 16.1 Å². The minimum atomic E-state index is -0.447. The molecule has 0 aliphatic rings. The van der Waals surface area contributed by atoms with E-state index in [1.54, 1.807) is 12.3 Å². The van der Waals surface area contributed by atoms with Gasteiger partial charge in [-0.1, -0.05) is 24.3 Å². The van der Waals surface area contributed by atoms with Crippen molar-refractivity contribution in [3.63, 3.8) is 0 Å². The molecule has 4 nitrogen and oxygen atoms in total. The number of aromatic nitrogens is 2. The maximum absolute atomic E-state index is 11.8. The van der Waals surface area contributed by atoms with Crippen molar-refractivity contribution in [3.8, 4) is 11.3 Å². The van der Waals surface area contributed by atoms with Gasteiger partial charge in [0, 0.05) is 17.1 Å². The smallest absolute Gasteiger partial charge is 0.356 e. The number of methoxy groups -OCH3 is 1. The number of hydrogen-bond donors (Lipinski definition) is 0. The Labute approximate surface area is 122 Å². The van der Waals surface area contributed by atoms with Crippen molar-refractivity contribution in [2.24, 2.45) is 0 Å². The molecule has 104 valence electrons. The molecule has 3 rings (SSSR count). The van der Waals surface area contributed by atoms with Crippen LogP contribution < -0.4 is 0 Å². The minimum Gasteiger partial charge on any atom is -0.464 e. The van der Waals surface area contributed by atoms with E-state index in [0.717, 1.165) is 27.7 Å². The molecule has 0 aliphatic heterocycles. The van der Waals surface area contributed by atoms with Gasteiger partial charge in [-0.15, -0.1) is 0 Å². The number of benzene rings is 1. The molecule has 2 aromatic heterocycles. The number of carbonyl (C=O) groups excluding carboxylic acids is 1. The first-order chi connectivity index (χ1) is 10.2. The van der Waals surface area contributed by atoms with Crippen LogP contribution in [-0.4, -0.2) is 23.0 Å². The van der Waals surface area contributed by atoms with Gasteiger partial charge in [0.05, 0.1) is 18.3 Å².